The lowest BCUT2D eigenvalue weighted by atomic mass is 9.99. The maximum Gasteiger partial charge on any atom is 0.416 e. The first-order valence-corrected chi connectivity index (χ1v) is 14.2. The number of hydrogen-bond acceptors (Lipinski definition) is 7. The number of aromatic nitrogens is 1. The molecule has 0 bridgehead atoms. The number of amides is 2. The molecule has 0 saturated carbocycles. The third-order valence-corrected chi connectivity index (χ3v) is 7.53. The number of fused-ring (bicyclic) bond motifs is 1. The molecule has 5 rings (SSSR count). The topological polar surface area (TPSA) is 116 Å². The lowest BCUT2D eigenvalue weighted by molar-refractivity contribution is -0.138. The van der Waals surface area contributed by atoms with Crippen LogP contribution in [0.15, 0.2) is 60.8 Å². The molecule has 3 N–H and O–H groups in total. The van der Waals surface area contributed by atoms with E-state index in [-0.39, 0.29) is 23.3 Å². The van der Waals surface area contributed by atoms with Crippen LogP contribution in [0.3, 0.4) is 0 Å². The summed E-state index contributed by atoms with van der Waals surface area (Å²) in [6.07, 6.45) is -1.53. The summed E-state index contributed by atoms with van der Waals surface area (Å²) >= 11 is 0. The molecule has 0 unspecified atom stereocenters. The Labute approximate surface area is 260 Å². The van der Waals surface area contributed by atoms with Gasteiger partial charge in [0.2, 0.25) is 0 Å². The number of carbonyl (C=O) groups excluding carboxylic acids is 2. The van der Waals surface area contributed by atoms with Gasteiger partial charge in [-0.2, -0.15) is 13.2 Å². The van der Waals surface area contributed by atoms with Crippen LogP contribution in [0, 0.1) is 17.6 Å². The monoisotopic (exact) mass is 644 g/mol. The predicted octanol–water partition coefficient (Wildman–Crippen LogP) is 5.73. The predicted molar refractivity (Wildman–Crippen MR) is 158 cm³/mol. The minimum Gasteiger partial charge on any atom is -0.493 e. The highest BCUT2D eigenvalue weighted by Crippen LogP contribution is 2.39. The zero-order valence-corrected chi connectivity index (χ0v) is 24.5. The highest BCUT2D eigenvalue weighted by molar-refractivity contribution is 6.39. The standard InChI is InChI=1S/C32H29F5N4O5/c1-44-28-14-22-25(15-29(28)45-17-18-6-9-39-10-7-18)40-11-8-26(22)46-27-5-4-21(13-24(27)34)41(31(43)30(38)42)16-19-2-3-20(33)12-23(19)32(35,36)37/h2-5,8,11-15,18,39H,6-7,9-10,16-17H2,1H3,(H2,38,42). The van der Waals surface area contributed by atoms with Crippen molar-refractivity contribution in [3.05, 3.63) is 83.6 Å². The number of piperidine rings is 1. The van der Waals surface area contributed by atoms with E-state index in [9.17, 15) is 27.2 Å². The van der Waals surface area contributed by atoms with Gasteiger partial charge in [0.25, 0.3) is 0 Å². The minimum atomic E-state index is -4.97. The van der Waals surface area contributed by atoms with Gasteiger partial charge in [0.05, 0.1) is 31.3 Å². The number of carbonyl (C=O) groups is 2. The van der Waals surface area contributed by atoms with Gasteiger partial charge in [-0.1, -0.05) is 6.07 Å². The van der Waals surface area contributed by atoms with Crippen LogP contribution in [-0.2, 0) is 22.3 Å². The molecule has 3 aromatic carbocycles. The van der Waals surface area contributed by atoms with Gasteiger partial charge in [0, 0.05) is 29.4 Å². The van der Waals surface area contributed by atoms with E-state index in [4.69, 9.17) is 19.9 Å². The van der Waals surface area contributed by atoms with Crippen molar-refractivity contribution in [3.63, 3.8) is 0 Å². The summed E-state index contributed by atoms with van der Waals surface area (Å²) in [6, 6.07) is 9.82. The molecule has 2 amide bonds. The van der Waals surface area contributed by atoms with Crippen LogP contribution in [0.5, 0.6) is 23.0 Å². The van der Waals surface area contributed by atoms with Crippen molar-refractivity contribution in [2.24, 2.45) is 11.7 Å². The molecule has 1 aromatic heterocycles. The Bertz CT molecular complexity index is 1760. The van der Waals surface area contributed by atoms with Crippen molar-refractivity contribution in [1.29, 1.82) is 0 Å². The SMILES string of the molecule is COc1cc2c(Oc3ccc(N(Cc4ccc(F)cc4C(F)(F)F)C(=O)C(N)=O)cc3F)ccnc2cc1OCC1CCNCC1. The third kappa shape index (κ3) is 7.28. The Morgan fingerprint density at radius 2 is 1.74 bits per heavy atom. The number of ether oxygens (including phenoxy) is 3. The number of rotatable bonds is 9. The number of hydrogen-bond donors (Lipinski definition) is 2. The highest BCUT2D eigenvalue weighted by Gasteiger charge is 2.35. The molecule has 1 aliphatic rings. The molecule has 0 radical (unpaired) electrons. The first-order valence-electron chi connectivity index (χ1n) is 14.2. The molecule has 1 fully saturated rings. The second kappa shape index (κ2) is 13.6. The fraction of sp³-hybridized carbons (Fsp3) is 0.281. The molecule has 0 atom stereocenters. The molecule has 2 heterocycles. The molecule has 4 aromatic rings. The van der Waals surface area contributed by atoms with E-state index in [0.717, 1.165) is 50.2 Å². The van der Waals surface area contributed by atoms with Crippen LogP contribution in [0.1, 0.15) is 24.0 Å². The van der Waals surface area contributed by atoms with Gasteiger partial charge in [-0.15, -0.1) is 0 Å². The maximum atomic E-state index is 15.4. The van der Waals surface area contributed by atoms with E-state index in [0.29, 0.717) is 39.8 Å². The second-order valence-corrected chi connectivity index (χ2v) is 10.6. The molecule has 14 heteroatoms. The van der Waals surface area contributed by atoms with Crippen molar-refractivity contribution in [3.8, 4) is 23.0 Å². The second-order valence-electron chi connectivity index (χ2n) is 10.6. The highest BCUT2D eigenvalue weighted by atomic mass is 19.4. The molecule has 1 saturated heterocycles. The fourth-order valence-electron chi connectivity index (χ4n) is 5.14. The molecule has 46 heavy (non-hydrogen) atoms. The van der Waals surface area contributed by atoms with Crippen LogP contribution < -0.4 is 30.2 Å². The first kappa shape index (κ1) is 32.4. The van der Waals surface area contributed by atoms with E-state index in [1.807, 2.05) is 0 Å². The van der Waals surface area contributed by atoms with E-state index < -0.39 is 47.3 Å². The van der Waals surface area contributed by atoms with Gasteiger partial charge in [0.1, 0.15) is 11.6 Å². The normalized spacial score (nSPS) is 13.8. The lowest BCUT2D eigenvalue weighted by Gasteiger charge is -2.24. The van der Waals surface area contributed by atoms with Crippen molar-refractivity contribution >= 4 is 28.4 Å². The quantitative estimate of drug-likeness (QED) is 0.177. The molecular formula is C32H29F5N4O5. The van der Waals surface area contributed by atoms with Crippen LogP contribution >= 0.6 is 0 Å². The Morgan fingerprint density at radius 1 is 0.978 bits per heavy atom. The minimum absolute atomic E-state index is 0.200. The van der Waals surface area contributed by atoms with Gasteiger partial charge in [-0.25, -0.2) is 8.78 Å². The van der Waals surface area contributed by atoms with Gasteiger partial charge in [-0.3, -0.25) is 19.5 Å². The van der Waals surface area contributed by atoms with E-state index in [2.05, 4.69) is 10.3 Å². The fourth-order valence-corrected chi connectivity index (χ4v) is 5.14. The van der Waals surface area contributed by atoms with Crippen LogP contribution in [0.25, 0.3) is 10.9 Å². The molecule has 242 valence electrons. The molecule has 0 spiro atoms. The summed E-state index contributed by atoms with van der Waals surface area (Å²) in [5.41, 5.74) is 3.42. The van der Waals surface area contributed by atoms with Crippen molar-refractivity contribution in [1.82, 2.24) is 10.3 Å². The summed E-state index contributed by atoms with van der Waals surface area (Å²) in [6.45, 7) is 1.50. The number of anilines is 1. The largest absolute Gasteiger partial charge is 0.493 e. The van der Waals surface area contributed by atoms with Gasteiger partial charge < -0.3 is 25.3 Å². The van der Waals surface area contributed by atoms with Crippen molar-refractivity contribution in [2.45, 2.75) is 25.6 Å². The van der Waals surface area contributed by atoms with E-state index in [1.165, 1.54) is 25.4 Å². The first-order chi connectivity index (χ1) is 21.9. The van der Waals surface area contributed by atoms with E-state index >= 15 is 4.39 Å². The van der Waals surface area contributed by atoms with Crippen LogP contribution in [0.2, 0.25) is 0 Å². The number of nitrogens with one attached hydrogen (secondary N) is 1. The number of halogens is 5. The van der Waals surface area contributed by atoms with Crippen molar-refractivity contribution in [2.75, 3.05) is 31.7 Å². The number of primary amides is 1. The van der Waals surface area contributed by atoms with Gasteiger partial charge >= 0.3 is 18.0 Å². The smallest absolute Gasteiger partial charge is 0.416 e. The average molecular weight is 645 g/mol. The molecular weight excluding hydrogens is 615 g/mol. The Hall–Kier alpha value is -4.98. The summed E-state index contributed by atoms with van der Waals surface area (Å²) in [4.78, 5) is 29.3. The number of nitrogens with zero attached hydrogens (tertiary/aromatic N) is 2. The molecule has 0 aliphatic carbocycles. The van der Waals surface area contributed by atoms with Crippen LogP contribution in [0.4, 0.5) is 27.6 Å². The number of methoxy groups -OCH3 is 1. The summed E-state index contributed by atoms with van der Waals surface area (Å²) in [5, 5.41) is 3.78. The number of alkyl halides is 3. The van der Waals surface area contributed by atoms with Crippen LogP contribution in [-0.4, -0.2) is 43.6 Å². The molecule has 9 nitrogen and oxygen atoms in total. The third-order valence-electron chi connectivity index (χ3n) is 7.53. The van der Waals surface area contributed by atoms with Crippen molar-refractivity contribution < 1.29 is 45.8 Å². The van der Waals surface area contributed by atoms with Gasteiger partial charge in [0.15, 0.2) is 23.1 Å². The van der Waals surface area contributed by atoms with E-state index in [1.54, 1.807) is 12.1 Å². The van der Waals surface area contributed by atoms with Gasteiger partial charge in [-0.05, 0) is 73.8 Å². The Morgan fingerprint density at radius 3 is 2.41 bits per heavy atom. The average Bonchev–Trinajstić information content (AvgIpc) is 3.03. The number of pyridine rings is 1. The number of nitrogens with two attached hydrogens (primary N) is 1. The summed E-state index contributed by atoms with van der Waals surface area (Å²) in [5.74, 6) is -3.86. The number of benzene rings is 3. The Balaban J connectivity index is 1.42. The lowest BCUT2D eigenvalue weighted by Crippen LogP contribution is -2.40. The zero-order valence-electron chi connectivity index (χ0n) is 24.5. The maximum absolute atomic E-state index is 15.4. The zero-order chi connectivity index (χ0) is 33.0. The summed E-state index contributed by atoms with van der Waals surface area (Å²) in [7, 11) is 1.48. The summed E-state index contributed by atoms with van der Waals surface area (Å²) < 4.78 is 87.3. The Kier molecular flexibility index (Phi) is 9.56. The molecule has 1 aliphatic heterocycles.